The van der Waals surface area contributed by atoms with Gasteiger partial charge < -0.3 is 20.3 Å². The number of nitrogens with zero attached hydrogens (tertiary/aromatic N) is 2. The van der Waals surface area contributed by atoms with Crippen molar-refractivity contribution in [3.05, 3.63) is 30.3 Å². The number of para-hydroxylation sites is 1. The molecule has 0 saturated carbocycles. The summed E-state index contributed by atoms with van der Waals surface area (Å²) in [4.78, 5) is 28.1. The van der Waals surface area contributed by atoms with Gasteiger partial charge in [-0.25, -0.2) is 4.79 Å². The molecule has 7 heteroatoms. The van der Waals surface area contributed by atoms with Crippen LogP contribution in [0, 0.1) is 0 Å². The molecule has 136 valence electrons. The van der Waals surface area contributed by atoms with Crippen molar-refractivity contribution in [2.75, 3.05) is 51.2 Å². The molecular formula is C18H26N4O3. The lowest BCUT2D eigenvalue weighted by Gasteiger charge is -2.34. The van der Waals surface area contributed by atoms with Crippen LogP contribution in [-0.2, 0) is 9.53 Å². The summed E-state index contributed by atoms with van der Waals surface area (Å²) in [6.45, 7) is 4.40. The third-order valence-electron chi connectivity index (χ3n) is 4.59. The first-order valence-electron chi connectivity index (χ1n) is 8.92. The Morgan fingerprint density at radius 2 is 1.88 bits per heavy atom. The van der Waals surface area contributed by atoms with Crippen LogP contribution in [0.3, 0.4) is 0 Å². The zero-order chi connectivity index (χ0) is 17.5. The topological polar surface area (TPSA) is 73.9 Å². The summed E-state index contributed by atoms with van der Waals surface area (Å²) in [6.07, 6.45) is 2.25. The van der Waals surface area contributed by atoms with Crippen LogP contribution in [0.5, 0.6) is 0 Å². The smallest absolute Gasteiger partial charge is 0.317 e. The second-order valence-corrected chi connectivity index (χ2v) is 6.50. The van der Waals surface area contributed by atoms with Crippen LogP contribution in [0.4, 0.5) is 10.5 Å². The van der Waals surface area contributed by atoms with E-state index in [4.69, 9.17) is 4.74 Å². The van der Waals surface area contributed by atoms with Crippen LogP contribution in [0.2, 0.25) is 0 Å². The Hall–Kier alpha value is -2.12. The molecule has 2 aliphatic heterocycles. The predicted molar refractivity (Wildman–Crippen MR) is 95.5 cm³/mol. The molecule has 1 aromatic carbocycles. The number of benzene rings is 1. The molecule has 7 nitrogen and oxygen atoms in total. The van der Waals surface area contributed by atoms with Gasteiger partial charge in [-0.2, -0.15) is 0 Å². The van der Waals surface area contributed by atoms with Gasteiger partial charge >= 0.3 is 6.03 Å². The Labute approximate surface area is 148 Å². The number of carbonyl (C=O) groups is 2. The largest absolute Gasteiger partial charge is 0.376 e. The van der Waals surface area contributed by atoms with Crippen molar-refractivity contribution in [1.82, 2.24) is 15.1 Å². The number of rotatable bonds is 5. The molecule has 0 radical (unpaired) electrons. The monoisotopic (exact) mass is 346 g/mol. The van der Waals surface area contributed by atoms with Gasteiger partial charge in [0.2, 0.25) is 5.91 Å². The number of amides is 3. The van der Waals surface area contributed by atoms with Crippen molar-refractivity contribution in [3.8, 4) is 0 Å². The fourth-order valence-electron chi connectivity index (χ4n) is 3.15. The minimum absolute atomic E-state index is 0.0255. The molecule has 1 atom stereocenters. The fraction of sp³-hybridized carbons (Fsp3) is 0.556. The summed E-state index contributed by atoms with van der Waals surface area (Å²) in [5.41, 5.74) is 0.805. The highest BCUT2D eigenvalue weighted by Crippen LogP contribution is 2.11. The van der Waals surface area contributed by atoms with Crippen LogP contribution >= 0.6 is 0 Å². The van der Waals surface area contributed by atoms with Crippen molar-refractivity contribution in [1.29, 1.82) is 0 Å². The summed E-state index contributed by atoms with van der Waals surface area (Å²) >= 11 is 0. The van der Waals surface area contributed by atoms with E-state index in [1.165, 1.54) is 0 Å². The average molecular weight is 346 g/mol. The number of urea groups is 1. The third kappa shape index (κ3) is 5.44. The molecule has 2 saturated heterocycles. The Morgan fingerprint density at radius 3 is 2.56 bits per heavy atom. The van der Waals surface area contributed by atoms with Crippen molar-refractivity contribution in [3.63, 3.8) is 0 Å². The van der Waals surface area contributed by atoms with E-state index in [1.807, 2.05) is 30.3 Å². The highest BCUT2D eigenvalue weighted by molar-refractivity contribution is 5.92. The van der Waals surface area contributed by atoms with Gasteiger partial charge in [-0.1, -0.05) is 18.2 Å². The van der Waals surface area contributed by atoms with Crippen LogP contribution in [0.15, 0.2) is 30.3 Å². The van der Waals surface area contributed by atoms with Crippen LogP contribution in [0.1, 0.15) is 12.8 Å². The van der Waals surface area contributed by atoms with E-state index in [0.717, 1.165) is 25.1 Å². The highest BCUT2D eigenvalue weighted by Gasteiger charge is 2.23. The van der Waals surface area contributed by atoms with E-state index >= 15 is 0 Å². The first kappa shape index (κ1) is 17.7. The van der Waals surface area contributed by atoms with Gasteiger partial charge in [0.25, 0.3) is 0 Å². The lowest BCUT2D eigenvalue weighted by atomic mass is 10.2. The Balaban J connectivity index is 1.35. The van der Waals surface area contributed by atoms with E-state index in [1.54, 1.807) is 4.90 Å². The fourth-order valence-corrected chi connectivity index (χ4v) is 3.15. The maximum absolute atomic E-state index is 12.2. The zero-order valence-electron chi connectivity index (χ0n) is 14.4. The summed E-state index contributed by atoms with van der Waals surface area (Å²) in [6, 6.07) is 9.40. The molecule has 1 unspecified atom stereocenters. The van der Waals surface area contributed by atoms with E-state index in [-0.39, 0.29) is 18.0 Å². The first-order valence-corrected chi connectivity index (χ1v) is 8.92. The summed E-state index contributed by atoms with van der Waals surface area (Å²) in [5.74, 6) is -0.0255. The summed E-state index contributed by atoms with van der Waals surface area (Å²) in [5, 5.41) is 5.83. The third-order valence-corrected chi connectivity index (χ3v) is 4.59. The molecule has 2 aliphatic rings. The van der Waals surface area contributed by atoms with E-state index < -0.39 is 0 Å². The molecule has 2 heterocycles. The second kappa shape index (κ2) is 8.82. The van der Waals surface area contributed by atoms with Crippen molar-refractivity contribution in [2.45, 2.75) is 18.9 Å². The molecule has 1 aromatic rings. The van der Waals surface area contributed by atoms with Crippen LogP contribution < -0.4 is 10.6 Å². The molecule has 3 amide bonds. The van der Waals surface area contributed by atoms with Gasteiger partial charge in [0.15, 0.2) is 0 Å². The molecule has 2 N–H and O–H groups in total. The van der Waals surface area contributed by atoms with Crippen LogP contribution in [-0.4, -0.2) is 73.7 Å². The first-order chi connectivity index (χ1) is 12.2. The molecule has 0 aliphatic carbocycles. The SMILES string of the molecule is O=C(CN1CCN(C(=O)NCC2CCCO2)CC1)Nc1ccccc1. The molecule has 25 heavy (non-hydrogen) atoms. The molecular weight excluding hydrogens is 320 g/mol. The van der Waals surface area contributed by atoms with E-state index in [9.17, 15) is 9.59 Å². The number of ether oxygens (including phenoxy) is 1. The number of hydrogen-bond donors (Lipinski definition) is 2. The van der Waals surface area contributed by atoms with Gasteiger partial charge in [0.05, 0.1) is 12.6 Å². The normalized spacial score (nSPS) is 21.1. The molecule has 2 fully saturated rings. The standard InChI is InChI=1S/C18H26N4O3/c23-17(20-15-5-2-1-3-6-15)14-21-8-10-22(11-9-21)18(24)19-13-16-7-4-12-25-16/h1-3,5-6,16H,4,7-14H2,(H,19,24)(H,20,23). The molecule has 3 rings (SSSR count). The number of hydrogen-bond acceptors (Lipinski definition) is 4. The Morgan fingerprint density at radius 1 is 1.12 bits per heavy atom. The molecule has 0 spiro atoms. The summed E-state index contributed by atoms with van der Waals surface area (Å²) < 4.78 is 5.51. The van der Waals surface area contributed by atoms with Gasteiger partial charge in [-0.05, 0) is 25.0 Å². The zero-order valence-corrected chi connectivity index (χ0v) is 14.4. The van der Waals surface area contributed by atoms with Gasteiger partial charge in [-0.15, -0.1) is 0 Å². The van der Waals surface area contributed by atoms with Crippen molar-refractivity contribution < 1.29 is 14.3 Å². The Bertz CT molecular complexity index is 567. The lowest BCUT2D eigenvalue weighted by Crippen LogP contribution is -2.53. The number of anilines is 1. The van der Waals surface area contributed by atoms with Gasteiger partial charge in [-0.3, -0.25) is 9.69 Å². The average Bonchev–Trinajstić information content (AvgIpc) is 3.14. The quantitative estimate of drug-likeness (QED) is 0.838. The number of piperazine rings is 1. The maximum Gasteiger partial charge on any atom is 0.317 e. The summed E-state index contributed by atoms with van der Waals surface area (Å²) in [7, 11) is 0. The minimum Gasteiger partial charge on any atom is -0.376 e. The molecule has 0 bridgehead atoms. The van der Waals surface area contributed by atoms with Crippen molar-refractivity contribution >= 4 is 17.6 Å². The van der Waals surface area contributed by atoms with Gasteiger partial charge in [0.1, 0.15) is 0 Å². The lowest BCUT2D eigenvalue weighted by molar-refractivity contribution is -0.117. The molecule has 0 aromatic heterocycles. The minimum atomic E-state index is -0.0381. The van der Waals surface area contributed by atoms with Crippen LogP contribution in [0.25, 0.3) is 0 Å². The number of carbonyl (C=O) groups excluding carboxylic acids is 2. The number of nitrogens with one attached hydrogen (secondary N) is 2. The second-order valence-electron chi connectivity index (χ2n) is 6.50. The van der Waals surface area contributed by atoms with E-state index in [2.05, 4.69) is 15.5 Å². The van der Waals surface area contributed by atoms with E-state index in [0.29, 0.717) is 39.3 Å². The van der Waals surface area contributed by atoms with Gasteiger partial charge in [0, 0.05) is 45.0 Å². The van der Waals surface area contributed by atoms with Crippen molar-refractivity contribution in [2.24, 2.45) is 0 Å². The Kier molecular flexibility index (Phi) is 6.25. The highest BCUT2D eigenvalue weighted by atomic mass is 16.5. The predicted octanol–water partition coefficient (Wildman–Crippen LogP) is 1.13. The maximum atomic E-state index is 12.2.